The van der Waals surface area contributed by atoms with Gasteiger partial charge in [-0.1, -0.05) is 0 Å². The van der Waals surface area contributed by atoms with Crippen LogP contribution in [0.2, 0.25) is 0 Å². The van der Waals surface area contributed by atoms with E-state index in [1.807, 2.05) is 0 Å². The van der Waals surface area contributed by atoms with Crippen LogP contribution in [0.25, 0.3) is 0 Å². The molecule has 0 aliphatic heterocycles. The lowest BCUT2D eigenvalue weighted by Crippen LogP contribution is -2.43. The molecule has 0 amide bonds. The lowest BCUT2D eigenvalue weighted by molar-refractivity contribution is -0.286. The van der Waals surface area contributed by atoms with Crippen LogP contribution in [0.5, 0.6) is 0 Å². The SMILES string of the molecule is Cl.N[C@@H](CC(C(F)(F)F)C(F)(F)F)C(=O)O. The lowest BCUT2D eigenvalue weighted by Gasteiger charge is -2.24. The number of carboxylic acid groups (broad SMARTS) is 1. The summed E-state index contributed by atoms with van der Waals surface area (Å²) in [6, 6.07) is -2.20. The van der Waals surface area contributed by atoms with Crippen molar-refractivity contribution in [2.75, 3.05) is 0 Å². The Bertz CT molecular complexity index is 226. The molecule has 0 bridgehead atoms. The summed E-state index contributed by atoms with van der Waals surface area (Å²) in [5, 5.41) is 8.10. The average molecular weight is 276 g/mol. The minimum atomic E-state index is -5.55. The van der Waals surface area contributed by atoms with Crippen LogP contribution < -0.4 is 5.73 Å². The maximum absolute atomic E-state index is 11.9. The highest BCUT2D eigenvalue weighted by Gasteiger charge is 2.57. The molecule has 0 aromatic carbocycles. The van der Waals surface area contributed by atoms with E-state index < -0.39 is 36.7 Å². The maximum atomic E-state index is 11.9. The Morgan fingerprint density at radius 3 is 1.62 bits per heavy atom. The Morgan fingerprint density at radius 2 is 1.44 bits per heavy atom. The van der Waals surface area contributed by atoms with E-state index in [0.29, 0.717) is 0 Å². The Kier molecular flexibility index (Phi) is 6.16. The molecular weight excluding hydrogens is 268 g/mol. The van der Waals surface area contributed by atoms with Gasteiger partial charge >= 0.3 is 18.3 Å². The van der Waals surface area contributed by atoms with E-state index in [1.54, 1.807) is 0 Å². The molecule has 3 N–H and O–H groups in total. The van der Waals surface area contributed by atoms with Gasteiger partial charge in [0.2, 0.25) is 0 Å². The van der Waals surface area contributed by atoms with Crippen LogP contribution in [0, 0.1) is 5.92 Å². The normalized spacial score (nSPS) is 14.5. The summed E-state index contributed by atoms with van der Waals surface area (Å²) >= 11 is 0. The van der Waals surface area contributed by atoms with Gasteiger partial charge in [-0.05, 0) is 6.42 Å². The maximum Gasteiger partial charge on any atom is 0.400 e. The van der Waals surface area contributed by atoms with Crippen molar-refractivity contribution in [3.05, 3.63) is 0 Å². The number of hydrogen-bond donors (Lipinski definition) is 2. The summed E-state index contributed by atoms with van der Waals surface area (Å²) < 4.78 is 71.2. The molecule has 0 spiro atoms. The first-order valence-electron chi connectivity index (χ1n) is 3.58. The number of alkyl halides is 6. The summed E-state index contributed by atoms with van der Waals surface area (Å²) in [5.41, 5.74) is 4.61. The van der Waals surface area contributed by atoms with Gasteiger partial charge in [-0.25, -0.2) is 0 Å². The van der Waals surface area contributed by atoms with Crippen LogP contribution in [0.3, 0.4) is 0 Å². The van der Waals surface area contributed by atoms with Gasteiger partial charge in [0.1, 0.15) is 6.04 Å². The van der Waals surface area contributed by atoms with Crippen LogP contribution in [-0.2, 0) is 4.79 Å². The highest BCUT2D eigenvalue weighted by Crippen LogP contribution is 2.41. The largest absolute Gasteiger partial charge is 0.480 e. The molecule has 0 saturated heterocycles. The number of carbonyl (C=O) groups is 1. The average Bonchev–Trinajstić information content (AvgIpc) is 1.94. The third kappa shape index (κ3) is 5.40. The fraction of sp³-hybridized carbons (Fsp3) is 0.833. The monoisotopic (exact) mass is 275 g/mol. The van der Waals surface area contributed by atoms with Gasteiger partial charge in [0.25, 0.3) is 0 Å². The first-order valence-corrected chi connectivity index (χ1v) is 3.58. The smallest absolute Gasteiger partial charge is 0.400 e. The van der Waals surface area contributed by atoms with E-state index in [4.69, 9.17) is 5.11 Å². The number of carboxylic acids is 1. The van der Waals surface area contributed by atoms with E-state index in [2.05, 4.69) is 5.73 Å². The molecule has 0 heterocycles. The van der Waals surface area contributed by atoms with Gasteiger partial charge in [0.05, 0.1) is 0 Å². The molecule has 3 nitrogen and oxygen atoms in total. The summed E-state index contributed by atoms with van der Waals surface area (Å²) in [7, 11) is 0. The molecule has 0 radical (unpaired) electrons. The third-order valence-corrected chi connectivity index (χ3v) is 1.60. The van der Waals surface area contributed by atoms with Gasteiger partial charge < -0.3 is 10.8 Å². The summed E-state index contributed by atoms with van der Waals surface area (Å²) in [5.74, 6) is -5.62. The molecule has 0 aromatic heterocycles. The number of rotatable bonds is 3. The van der Waals surface area contributed by atoms with Crippen molar-refractivity contribution in [3.8, 4) is 0 Å². The van der Waals surface area contributed by atoms with Crippen molar-refractivity contribution in [3.63, 3.8) is 0 Å². The lowest BCUT2D eigenvalue weighted by atomic mass is 9.99. The highest BCUT2D eigenvalue weighted by molar-refractivity contribution is 5.85. The Hall–Kier alpha value is -0.700. The van der Waals surface area contributed by atoms with E-state index in [9.17, 15) is 31.1 Å². The number of aliphatic carboxylic acids is 1. The molecule has 0 fully saturated rings. The first-order chi connectivity index (χ1) is 6.46. The van der Waals surface area contributed by atoms with E-state index in [1.165, 1.54) is 0 Å². The van der Waals surface area contributed by atoms with Crippen molar-refractivity contribution in [2.24, 2.45) is 11.7 Å². The molecule has 1 atom stereocenters. The highest BCUT2D eigenvalue weighted by atomic mass is 35.5. The predicted molar refractivity (Wildman–Crippen MR) is 43.1 cm³/mol. The van der Waals surface area contributed by atoms with Crippen LogP contribution in [-0.4, -0.2) is 29.5 Å². The molecule has 0 aromatic rings. The quantitative estimate of drug-likeness (QED) is 0.774. The van der Waals surface area contributed by atoms with E-state index in [-0.39, 0.29) is 12.4 Å². The predicted octanol–water partition coefficient (Wildman–Crippen LogP) is 1.95. The third-order valence-electron chi connectivity index (χ3n) is 1.60. The zero-order valence-electron chi connectivity index (χ0n) is 7.47. The Morgan fingerprint density at radius 1 is 1.12 bits per heavy atom. The van der Waals surface area contributed by atoms with Crippen LogP contribution in [0.4, 0.5) is 26.3 Å². The molecular formula is C6H8ClF6NO2. The zero-order chi connectivity index (χ0) is 12.4. The fourth-order valence-electron chi connectivity index (χ4n) is 0.808. The van der Waals surface area contributed by atoms with Gasteiger partial charge in [-0.3, -0.25) is 4.79 Å². The van der Waals surface area contributed by atoms with E-state index in [0.717, 1.165) is 0 Å². The van der Waals surface area contributed by atoms with Crippen LogP contribution in [0.1, 0.15) is 6.42 Å². The van der Waals surface area contributed by atoms with E-state index >= 15 is 0 Å². The van der Waals surface area contributed by atoms with Gasteiger partial charge in [-0.15, -0.1) is 12.4 Å². The molecule has 10 heteroatoms. The second kappa shape index (κ2) is 5.58. The van der Waals surface area contributed by atoms with Crippen molar-refractivity contribution in [1.29, 1.82) is 0 Å². The molecule has 0 aliphatic carbocycles. The number of nitrogens with two attached hydrogens (primary N) is 1. The molecule has 0 saturated carbocycles. The minimum absolute atomic E-state index is 0. The van der Waals surface area contributed by atoms with Crippen LogP contribution in [0.15, 0.2) is 0 Å². The Labute approximate surface area is 92.0 Å². The second-order valence-electron chi connectivity index (χ2n) is 2.82. The number of halogens is 7. The van der Waals surface area contributed by atoms with Gasteiger partial charge in [-0.2, -0.15) is 26.3 Å². The molecule has 0 aliphatic rings. The van der Waals surface area contributed by atoms with Crippen molar-refractivity contribution in [2.45, 2.75) is 24.8 Å². The van der Waals surface area contributed by atoms with Crippen molar-refractivity contribution in [1.82, 2.24) is 0 Å². The molecule has 0 unspecified atom stereocenters. The molecule has 98 valence electrons. The minimum Gasteiger partial charge on any atom is -0.480 e. The standard InChI is InChI=1S/C6H7F6NO2.ClH/c7-5(8,9)3(6(10,11)12)1-2(13)4(14)15;/h2-3H,1,13H2,(H,14,15);1H/t2-;/m0./s1. The fourth-order valence-corrected chi connectivity index (χ4v) is 0.808. The van der Waals surface area contributed by atoms with Crippen molar-refractivity contribution < 1.29 is 36.2 Å². The number of hydrogen-bond acceptors (Lipinski definition) is 2. The zero-order valence-corrected chi connectivity index (χ0v) is 8.29. The topological polar surface area (TPSA) is 63.3 Å². The van der Waals surface area contributed by atoms with Gasteiger partial charge in [0.15, 0.2) is 5.92 Å². The molecule has 16 heavy (non-hydrogen) atoms. The summed E-state index contributed by atoms with van der Waals surface area (Å²) in [6.45, 7) is 0. The first kappa shape index (κ1) is 17.7. The second-order valence-corrected chi connectivity index (χ2v) is 2.82. The van der Waals surface area contributed by atoms with Crippen LogP contribution >= 0.6 is 12.4 Å². The Balaban J connectivity index is 0. The summed E-state index contributed by atoms with van der Waals surface area (Å²) in [4.78, 5) is 10.0. The van der Waals surface area contributed by atoms with Gasteiger partial charge in [0, 0.05) is 0 Å². The molecule has 0 rings (SSSR count). The van der Waals surface area contributed by atoms with Crippen molar-refractivity contribution >= 4 is 18.4 Å². The summed E-state index contributed by atoms with van der Waals surface area (Å²) in [6.07, 6.45) is -12.8.